The standard InChI is InChI=1S/C88H81I3N6/c1-9-40-92-54-29-24-50(25-30-54)70-75-63-21-15-18-60-57(58-35-39-68-74-61(58)19-17-23-65(74)79-80(68)84(91)81-82(83(79)90)86(95-43-12-4)88(97-49(8)14-6)87(96-44-13-5)85(81)94-42-11-3)34-37-66(72(60)63)77(75)71(51-26-31-55(32-27-51)93-41-10-2)78-67-38-36-59(62-20-16-22-64(73(62)67)76(70)78)69-46-48(7)45-52-47-53(89)28-33-56(52)69/h15-39,45-47,49,92-97H,9-14,40-44H2,1-8H3. The van der Waals surface area contributed by atoms with Crippen molar-refractivity contribution in [2.24, 2.45) is 0 Å². The molecule has 0 heterocycles. The van der Waals surface area contributed by atoms with Gasteiger partial charge in [-0.15, -0.1) is 0 Å². The Kier molecular flexibility index (Phi) is 17.2. The van der Waals surface area contributed by atoms with Crippen molar-refractivity contribution < 1.29 is 0 Å². The van der Waals surface area contributed by atoms with Gasteiger partial charge in [0.1, 0.15) is 0 Å². The third kappa shape index (κ3) is 10.3. The summed E-state index contributed by atoms with van der Waals surface area (Å²) in [5.74, 6) is 0. The fraction of sp³-hybridized carbons (Fsp3) is 0.227. The number of nitrogens with one attached hydrogen (secondary N) is 6. The van der Waals surface area contributed by atoms with E-state index in [9.17, 15) is 0 Å². The summed E-state index contributed by atoms with van der Waals surface area (Å²) in [5, 5.41) is 46.9. The lowest BCUT2D eigenvalue weighted by Gasteiger charge is -2.29. The van der Waals surface area contributed by atoms with Crippen LogP contribution in [0.5, 0.6) is 0 Å². The maximum Gasteiger partial charge on any atom is 0.0842 e. The summed E-state index contributed by atoms with van der Waals surface area (Å²) in [7, 11) is 0. The molecule has 1 atom stereocenters. The Morgan fingerprint density at radius 3 is 1.23 bits per heavy atom. The number of fused-ring (bicyclic) bond motifs is 11. The van der Waals surface area contributed by atoms with E-state index in [4.69, 9.17) is 0 Å². The number of halogens is 3. The second kappa shape index (κ2) is 26.1. The number of hydrogen-bond acceptors (Lipinski definition) is 6. The van der Waals surface area contributed by atoms with Gasteiger partial charge >= 0.3 is 0 Å². The normalized spacial score (nSPS) is 12.5. The lowest BCUT2D eigenvalue weighted by atomic mass is 9.87. The van der Waals surface area contributed by atoms with Crippen molar-refractivity contribution in [3.05, 3.63) is 186 Å². The summed E-state index contributed by atoms with van der Waals surface area (Å²) < 4.78 is 3.82. The van der Waals surface area contributed by atoms with Gasteiger partial charge in [-0.3, -0.25) is 0 Å². The second-order valence-electron chi connectivity index (χ2n) is 27.0. The van der Waals surface area contributed by atoms with Crippen molar-refractivity contribution >= 4 is 199 Å². The van der Waals surface area contributed by atoms with Crippen LogP contribution in [-0.2, 0) is 0 Å². The summed E-state index contributed by atoms with van der Waals surface area (Å²) in [6, 6.07) is 66.9. The maximum absolute atomic E-state index is 4.06. The van der Waals surface area contributed by atoms with Gasteiger partial charge in [0.25, 0.3) is 0 Å². The van der Waals surface area contributed by atoms with Crippen molar-refractivity contribution in [1.82, 2.24) is 0 Å². The van der Waals surface area contributed by atoms with E-state index in [0.29, 0.717) is 0 Å². The Bertz CT molecular complexity index is 5520. The van der Waals surface area contributed by atoms with Crippen LogP contribution >= 0.6 is 67.8 Å². The Balaban J connectivity index is 0.982. The molecule has 0 aliphatic heterocycles. The smallest absolute Gasteiger partial charge is 0.0842 e. The molecule has 484 valence electrons. The molecule has 0 amide bonds. The van der Waals surface area contributed by atoms with Gasteiger partial charge < -0.3 is 31.9 Å². The van der Waals surface area contributed by atoms with Crippen LogP contribution in [0.4, 0.5) is 34.1 Å². The lowest BCUT2D eigenvalue weighted by Crippen LogP contribution is -2.19. The number of rotatable bonds is 22. The molecule has 0 aromatic heterocycles. The minimum Gasteiger partial charge on any atom is -0.385 e. The minimum absolute atomic E-state index is 0.279. The van der Waals surface area contributed by atoms with E-state index in [1.807, 2.05) is 0 Å². The quantitative estimate of drug-likeness (QED) is 0.0380. The summed E-state index contributed by atoms with van der Waals surface area (Å²) in [6.45, 7) is 22.6. The van der Waals surface area contributed by atoms with E-state index < -0.39 is 0 Å². The average molecular weight is 1600 g/mol. The van der Waals surface area contributed by atoms with E-state index in [1.165, 1.54) is 197 Å². The van der Waals surface area contributed by atoms with E-state index in [1.54, 1.807) is 0 Å². The highest BCUT2D eigenvalue weighted by atomic mass is 127. The van der Waals surface area contributed by atoms with Crippen LogP contribution in [0.3, 0.4) is 0 Å². The average Bonchev–Trinajstić information content (AvgIpc) is 1.53. The highest BCUT2D eigenvalue weighted by Crippen LogP contribution is 2.61. The van der Waals surface area contributed by atoms with Crippen LogP contribution in [0.25, 0.3) is 164 Å². The van der Waals surface area contributed by atoms with Gasteiger partial charge in [-0.1, -0.05) is 175 Å². The van der Waals surface area contributed by atoms with Crippen LogP contribution in [0.2, 0.25) is 0 Å². The van der Waals surface area contributed by atoms with Crippen LogP contribution in [0.15, 0.2) is 170 Å². The molecule has 6 N–H and O–H groups in total. The largest absolute Gasteiger partial charge is 0.385 e. The maximum atomic E-state index is 4.06. The molecule has 0 bridgehead atoms. The van der Waals surface area contributed by atoms with Crippen molar-refractivity contribution in [2.75, 3.05) is 64.6 Å². The van der Waals surface area contributed by atoms with Crippen LogP contribution in [0.1, 0.15) is 92.6 Å². The monoisotopic (exact) mass is 1600 g/mol. The van der Waals surface area contributed by atoms with E-state index in [2.05, 4.69) is 325 Å². The molecule has 0 saturated carbocycles. The number of benzene rings is 13. The Morgan fingerprint density at radius 2 is 0.722 bits per heavy atom. The topological polar surface area (TPSA) is 72.2 Å². The van der Waals surface area contributed by atoms with Crippen LogP contribution < -0.4 is 31.9 Å². The Morgan fingerprint density at radius 1 is 0.320 bits per heavy atom. The molecule has 1 aliphatic rings. The molecule has 9 heteroatoms. The SMILES string of the molecule is CCCNc1ccc(-c2c3c4cccc5c(-c6cc(C)cc7cc(I)ccc67)ccc(c3c(-c3ccc(NCCC)cc3)c3c6ccc(-c7ccc8c9c(cccc79)-c7c-8c(I)c8c(NCCC)c(NCCC)c(NC(C)CC)c(NCCC)c8c7I)c7cccc(c23)c76)c54)cc1. The van der Waals surface area contributed by atoms with Gasteiger partial charge in [0.2, 0.25) is 0 Å². The molecule has 0 radical (unpaired) electrons. The zero-order valence-corrected chi connectivity index (χ0v) is 63.1. The van der Waals surface area contributed by atoms with Crippen LogP contribution in [0, 0.1) is 17.6 Å². The van der Waals surface area contributed by atoms with Crippen molar-refractivity contribution in [2.45, 2.75) is 100.0 Å². The molecule has 1 unspecified atom stereocenters. The van der Waals surface area contributed by atoms with Gasteiger partial charge in [-0.05, 0) is 304 Å². The van der Waals surface area contributed by atoms with E-state index in [-0.39, 0.29) is 6.04 Å². The predicted molar refractivity (Wildman–Crippen MR) is 453 cm³/mol. The molecular formula is C88H81I3N6. The van der Waals surface area contributed by atoms with Crippen molar-refractivity contribution in [3.8, 4) is 66.8 Å². The highest BCUT2D eigenvalue weighted by molar-refractivity contribution is 14.1. The number of anilines is 6. The predicted octanol–water partition coefficient (Wildman–Crippen LogP) is 26.7. The summed E-state index contributed by atoms with van der Waals surface area (Å²) in [6.07, 6.45) is 6.20. The Hall–Kier alpha value is -7.85. The molecule has 0 spiro atoms. The first kappa shape index (κ1) is 63.9. The Labute approximate surface area is 610 Å². The third-order valence-corrected chi connectivity index (χ3v) is 23.5. The summed E-state index contributed by atoms with van der Waals surface area (Å²) in [5.41, 5.74) is 23.6. The van der Waals surface area contributed by atoms with Crippen molar-refractivity contribution in [3.63, 3.8) is 0 Å². The van der Waals surface area contributed by atoms with E-state index in [0.717, 1.165) is 88.3 Å². The molecule has 16 rings (SSSR count). The first-order valence-electron chi connectivity index (χ1n) is 35.4. The first-order valence-corrected chi connectivity index (χ1v) is 38.6. The highest BCUT2D eigenvalue weighted by Gasteiger charge is 2.35. The molecule has 97 heavy (non-hydrogen) atoms. The summed E-state index contributed by atoms with van der Waals surface area (Å²) >= 11 is 7.91. The first-order chi connectivity index (χ1) is 47.5. The lowest BCUT2D eigenvalue weighted by molar-refractivity contribution is 0.764. The van der Waals surface area contributed by atoms with Gasteiger partial charge in [0.15, 0.2) is 0 Å². The molecule has 0 fully saturated rings. The fourth-order valence-electron chi connectivity index (χ4n) is 16.3. The van der Waals surface area contributed by atoms with E-state index >= 15 is 0 Å². The molecule has 0 saturated heterocycles. The zero-order valence-electron chi connectivity index (χ0n) is 56.7. The molecule has 15 aromatic carbocycles. The minimum atomic E-state index is 0.279. The molecular weight excluding hydrogens is 1520 g/mol. The number of hydrogen-bond donors (Lipinski definition) is 6. The van der Waals surface area contributed by atoms with Gasteiger partial charge in [0, 0.05) is 82.8 Å². The van der Waals surface area contributed by atoms with Gasteiger partial charge in [0.05, 0.1) is 22.7 Å². The fourth-order valence-corrected chi connectivity index (χ4v) is 19.0. The second-order valence-corrected chi connectivity index (χ2v) is 30.4. The molecule has 6 nitrogen and oxygen atoms in total. The zero-order chi connectivity index (χ0) is 66.5. The third-order valence-electron chi connectivity index (χ3n) is 20.7. The summed E-state index contributed by atoms with van der Waals surface area (Å²) in [4.78, 5) is 0. The molecule has 15 aromatic rings. The number of aryl methyl sites for hydroxylation is 1. The van der Waals surface area contributed by atoms with Gasteiger partial charge in [-0.2, -0.15) is 0 Å². The van der Waals surface area contributed by atoms with Crippen LogP contribution in [-0.4, -0.2) is 38.8 Å². The molecule has 1 aliphatic carbocycles. The van der Waals surface area contributed by atoms with Gasteiger partial charge in [-0.25, -0.2) is 0 Å². The van der Waals surface area contributed by atoms with Crippen molar-refractivity contribution in [1.29, 1.82) is 0 Å².